The molecule has 0 aliphatic rings. The molecule has 0 aromatic heterocycles. The Kier molecular flexibility index (Phi) is 5.35. The standard InChI is InChI=1S/C14H21BrN2O/c1-10(11-7-5-6-8-12(11)15)17-13(18)9-16-14(2,3)4/h5-8,10,16H,9H2,1-4H3,(H,17,18). The molecule has 1 amide bonds. The van der Waals surface area contributed by atoms with Gasteiger partial charge in [-0.05, 0) is 39.3 Å². The number of benzene rings is 1. The van der Waals surface area contributed by atoms with Crippen molar-refractivity contribution in [3.05, 3.63) is 34.3 Å². The zero-order valence-electron chi connectivity index (χ0n) is 11.4. The highest BCUT2D eigenvalue weighted by Gasteiger charge is 2.14. The van der Waals surface area contributed by atoms with E-state index in [-0.39, 0.29) is 17.5 Å². The first-order chi connectivity index (χ1) is 8.29. The van der Waals surface area contributed by atoms with Crippen LogP contribution in [0.2, 0.25) is 0 Å². The number of nitrogens with one attached hydrogen (secondary N) is 2. The minimum absolute atomic E-state index is 0.00477. The fourth-order valence-electron chi connectivity index (χ4n) is 1.54. The molecule has 0 bridgehead atoms. The lowest BCUT2D eigenvalue weighted by Gasteiger charge is -2.21. The summed E-state index contributed by atoms with van der Waals surface area (Å²) in [6.07, 6.45) is 0. The Hall–Kier alpha value is -0.870. The lowest BCUT2D eigenvalue weighted by molar-refractivity contribution is -0.121. The highest BCUT2D eigenvalue weighted by molar-refractivity contribution is 9.10. The van der Waals surface area contributed by atoms with E-state index in [2.05, 4.69) is 26.6 Å². The SMILES string of the molecule is CC(NC(=O)CNC(C)(C)C)c1ccccc1Br. The van der Waals surface area contributed by atoms with Crippen LogP contribution in [0.3, 0.4) is 0 Å². The van der Waals surface area contributed by atoms with Gasteiger partial charge in [-0.25, -0.2) is 0 Å². The third kappa shape index (κ3) is 5.19. The predicted molar refractivity (Wildman–Crippen MR) is 78.5 cm³/mol. The molecule has 18 heavy (non-hydrogen) atoms. The molecule has 0 aliphatic carbocycles. The Morgan fingerprint density at radius 1 is 1.33 bits per heavy atom. The number of hydrogen-bond acceptors (Lipinski definition) is 2. The van der Waals surface area contributed by atoms with E-state index in [0.29, 0.717) is 6.54 Å². The molecule has 2 N–H and O–H groups in total. The van der Waals surface area contributed by atoms with E-state index in [1.54, 1.807) is 0 Å². The number of carbonyl (C=O) groups is 1. The van der Waals surface area contributed by atoms with Crippen molar-refractivity contribution < 1.29 is 4.79 Å². The first-order valence-electron chi connectivity index (χ1n) is 6.08. The number of carbonyl (C=O) groups excluding carboxylic acids is 1. The lowest BCUT2D eigenvalue weighted by atomic mass is 10.1. The second kappa shape index (κ2) is 6.34. The summed E-state index contributed by atoms with van der Waals surface area (Å²) >= 11 is 3.49. The van der Waals surface area contributed by atoms with Gasteiger partial charge in [0.1, 0.15) is 0 Å². The maximum atomic E-state index is 11.8. The molecular weight excluding hydrogens is 292 g/mol. The molecule has 0 saturated carbocycles. The molecule has 1 atom stereocenters. The van der Waals surface area contributed by atoms with E-state index in [0.717, 1.165) is 10.0 Å². The fraction of sp³-hybridized carbons (Fsp3) is 0.500. The molecule has 100 valence electrons. The van der Waals surface area contributed by atoms with Crippen LogP contribution in [0.5, 0.6) is 0 Å². The average Bonchev–Trinajstić information content (AvgIpc) is 2.26. The summed E-state index contributed by atoms with van der Waals surface area (Å²) in [7, 11) is 0. The molecule has 0 saturated heterocycles. The van der Waals surface area contributed by atoms with Crippen LogP contribution >= 0.6 is 15.9 Å². The van der Waals surface area contributed by atoms with E-state index in [1.807, 2.05) is 52.0 Å². The van der Waals surface area contributed by atoms with Gasteiger partial charge in [0, 0.05) is 10.0 Å². The van der Waals surface area contributed by atoms with Gasteiger partial charge in [-0.1, -0.05) is 34.1 Å². The van der Waals surface area contributed by atoms with Gasteiger partial charge in [0.2, 0.25) is 5.91 Å². The number of halogens is 1. The van der Waals surface area contributed by atoms with E-state index in [1.165, 1.54) is 0 Å². The zero-order valence-corrected chi connectivity index (χ0v) is 13.0. The summed E-state index contributed by atoms with van der Waals surface area (Å²) < 4.78 is 1.02. The van der Waals surface area contributed by atoms with Gasteiger partial charge in [-0.15, -0.1) is 0 Å². The maximum absolute atomic E-state index is 11.8. The van der Waals surface area contributed by atoms with E-state index < -0.39 is 0 Å². The molecular formula is C14H21BrN2O. The van der Waals surface area contributed by atoms with Crippen molar-refractivity contribution in [2.75, 3.05) is 6.54 Å². The van der Waals surface area contributed by atoms with Crippen molar-refractivity contribution in [3.63, 3.8) is 0 Å². The Bertz CT molecular complexity index is 413. The van der Waals surface area contributed by atoms with E-state index in [4.69, 9.17) is 0 Å². The minimum Gasteiger partial charge on any atom is -0.348 e. The molecule has 0 fully saturated rings. The average molecular weight is 313 g/mol. The van der Waals surface area contributed by atoms with Crippen molar-refractivity contribution in [2.24, 2.45) is 0 Å². The number of rotatable bonds is 4. The maximum Gasteiger partial charge on any atom is 0.234 e. The van der Waals surface area contributed by atoms with Crippen molar-refractivity contribution >= 4 is 21.8 Å². The molecule has 0 aliphatic heterocycles. The van der Waals surface area contributed by atoms with Crippen molar-refractivity contribution in [3.8, 4) is 0 Å². The predicted octanol–water partition coefficient (Wildman–Crippen LogP) is 3.01. The third-order valence-corrected chi connectivity index (χ3v) is 3.25. The van der Waals surface area contributed by atoms with Crippen molar-refractivity contribution in [1.29, 1.82) is 0 Å². The highest BCUT2D eigenvalue weighted by atomic mass is 79.9. The molecule has 0 radical (unpaired) electrons. The van der Waals surface area contributed by atoms with Crippen LogP contribution in [0, 0.1) is 0 Å². The Balaban J connectivity index is 2.53. The lowest BCUT2D eigenvalue weighted by Crippen LogP contribution is -2.43. The minimum atomic E-state index is -0.0477. The van der Waals surface area contributed by atoms with E-state index in [9.17, 15) is 4.79 Å². The normalized spacial score (nSPS) is 13.2. The van der Waals surface area contributed by atoms with Crippen LogP contribution < -0.4 is 10.6 Å². The second-order valence-electron chi connectivity index (χ2n) is 5.41. The van der Waals surface area contributed by atoms with E-state index >= 15 is 0 Å². The molecule has 1 aromatic rings. The fourth-order valence-corrected chi connectivity index (χ4v) is 2.17. The third-order valence-electron chi connectivity index (χ3n) is 2.53. The molecule has 1 rings (SSSR count). The van der Waals surface area contributed by atoms with Gasteiger partial charge in [0.15, 0.2) is 0 Å². The van der Waals surface area contributed by atoms with Crippen LogP contribution in [0.4, 0.5) is 0 Å². The summed E-state index contributed by atoms with van der Waals surface area (Å²) in [5.41, 5.74) is 1.04. The van der Waals surface area contributed by atoms with Gasteiger partial charge in [-0.2, -0.15) is 0 Å². The molecule has 4 heteroatoms. The monoisotopic (exact) mass is 312 g/mol. The summed E-state index contributed by atoms with van der Waals surface area (Å²) in [6, 6.07) is 7.91. The van der Waals surface area contributed by atoms with Crippen LogP contribution in [-0.4, -0.2) is 18.0 Å². The largest absolute Gasteiger partial charge is 0.348 e. The van der Waals surface area contributed by atoms with Crippen molar-refractivity contribution in [2.45, 2.75) is 39.3 Å². The quantitative estimate of drug-likeness (QED) is 0.897. The zero-order chi connectivity index (χ0) is 13.8. The van der Waals surface area contributed by atoms with Crippen molar-refractivity contribution in [1.82, 2.24) is 10.6 Å². The highest BCUT2D eigenvalue weighted by Crippen LogP contribution is 2.22. The Morgan fingerprint density at radius 3 is 2.50 bits per heavy atom. The Labute approximate surface area is 117 Å². The van der Waals surface area contributed by atoms with Gasteiger partial charge in [-0.3, -0.25) is 4.79 Å². The first kappa shape index (κ1) is 15.2. The van der Waals surface area contributed by atoms with Gasteiger partial charge in [0.05, 0.1) is 12.6 Å². The molecule has 0 spiro atoms. The van der Waals surface area contributed by atoms with Crippen LogP contribution in [0.15, 0.2) is 28.7 Å². The summed E-state index contributed by atoms with van der Waals surface area (Å²) in [4.78, 5) is 11.8. The van der Waals surface area contributed by atoms with Crippen LogP contribution in [0.25, 0.3) is 0 Å². The topological polar surface area (TPSA) is 41.1 Å². The van der Waals surface area contributed by atoms with Gasteiger partial charge >= 0.3 is 0 Å². The number of amides is 1. The number of hydrogen-bond donors (Lipinski definition) is 2. The summed E-state index contributed by atoms with van der Waals surface area (Å²) in [6.45, 7) is 8.43. The second-order valence-corrected chi connectivity index (χ2v) is 6.27. The molecule has 3 nitrogen and oxygen atoms in total. The summed E-state index contributed by atoms with van der Waals surface area (Å²) in [5.74, 6) is 0.00757. The molecule has 1 unspecified atom stereocenters. The van der Waals surface area contributed by atoms with Gasteiger partial charge < -0.3 is 10.6 Å². The molecule has 1 aromatic carbocycles. The van der Waals surface area contributed by atoms with Gasteiger partial charge in [0.25, 0.3) is 0 Å². The van der Waals surface area contributed by atoms with Crippen LogP contribution in [0.1, 0.15) is 39.3 Å². The first-order valence-corrected chi connectivity index (χ1v) is 6.88. The smallest absolute Gasteiger partial charge is 0.234 e. The molecule has 0 heterocycles. The van der Waals surface area contributed by atoms with Crippen LogP contribution in [-0.2, 0) is 4.79 Å². The summed E-state index contributed by atoms with van der Waals surface area (Å²) in [5, 5.41) is 6.15. The Morgan fingerprint density at radius 2 is 1.94 bits per heavy atom.